The van der Waals surface area contributed by atoms with Gasteiger partial charge in [0.2, 0.25) is 0 Å². The first kappa shape index (κ1) is 16.9. The van der Waals surface area contributed by atoms with E-state index in [1.165, 1.54) is 12.1 Å². The second kappa shape index (κ2) is 6.88. The Hall–Kier alpha value is -2.96. The molecule has 2 aromatic heterocycles. The molecule has 1 aromatic carbocycles. The number of aromatic nitrogens is 3. The number of carbonyl (C=O) groups is 1. The Morgan fingerprint density at radius 2 is 1.96 bits per heavy atom. The van der Waals surface area contributed by atoms with Crippen LogP contribution < -0.4 is 5.32 Å². The van der Waals surface area contributed by atoms with E-state index in [4.69, 9.17) is 4.52 Å². The van der Waals surface area contributed by atoms with Gasteiger partial charge in [0.25, 0.3) is 5.91 Å². The Labute approximate surface area is 144 Å². The topological polar surface area (TPSA) is 73.0 Å². The van der Waals surface area contributed by atoms with Gasteiger partial charge in [-0.3, -0.25) is 9.48 Å². The molecular weight excluding hydrogens is 323 g/mol. The maximum atomic E-state index is 12.9. The van der Waals surface area contributed by atoms with E-state index in [-0.39, 0.29) is 24.0 Å². The largest absolute Gasteiger partial charge is 0.361 e. The number of hydrogen-bond donors (Lipinski definition) is 1. The van der Waals surface area contributed by atoms with Gasteiger partial charge in [0.05, 0.1) is 12.2 Å². The third kappa shape index (κ3) is 3.76. The van der Waals surface area contributed by atoms with Crippen molar-refractivity contribution in [1.82, 2.24) is 20.3 Å². The number of hydrogen-bond acceptors (Lipinski definition) is 4. The Balaban J connectivity index is 1.74. The minimum absolute atomic E-state index is 0.243. The van der Waals surface area contributed by atoms with Gasteiger partial charge in [0, 0.05) is 17.8 Å². The van der Waals surface area contributed by atoms with E-state index in [0.29, 0.717) is 17.9 Å². The Bertz CT molecular complexity index is 896. The summed E-state index contributed by atoms with van der Waals surface area (Å²) >= 11 is 0. The zero-order chi connectivity index (χ0) is 18.0. The highest BCUT2D eigenvalue weighted by Crippen LogP contribution is 2.16. The zero-order valence-electron chi connectivity index (χ0n) is 14.3. The van der Waals surface area contributed by atoms with Crippen LogP contribution in [-0.2, 0) is 13.1 Å². The second-order valence-corrected chi connectivity index (χ2v) is 5.96. The summed E-state index contributed by atoms with van der Waals surface area (Å²) in [5.74, 6) is -0.0634. The first-order chi connectivity index (χ1) is 11.9. The van der Waals surface area contributed by atoms with Crippen molar-refractivity contribution in [3.05, 3.63) is 70.1 Å². The van der Waals surface area contributed by atoms with Crippen LogP contribution in [0.1, 0.15) is 38.8 Å². The number of nitrogens with one attached hydrogen (secondary N) is 1. The lowest BCUT2D eigenvalue weighted by molar-refractivity contribution is 0.0941. The van der Waals surface area contributed by atoms with Crippen LogP contribution in [-0.4, -0.2) is 20.8 Å². The van der Waals surface area contributed by atoms with Crippen molar-refractivity contribution in [2.45, 2.75) is 33.9 Å². The summed E-state index contributed by atoms with van der Waals surface area (Å²) in [5, 5.41) is 11.1. The van der Waals surface area contributed by atoms with Gasteiger partial charge in [-0.1, -0.05) is 17.3 Å². The minimum Gasteiger partial charge on any atom is -0.361 e. The molecule has 0 saturated heterocycles. The van der Waals surface area contributed by atoms with Crippen LogP contribution in [0.4, 0.5) is 4.39 Å². The predicted molar refractivity (Wildman–Crippen MR) is 89.6 cm³/mol. The minimum atomic E-state index is -0.335. The van der Waals surface area contributed by atoms with Crippen LogP contribution in [0.15, 0.2) is 34.9 Å². The first-order valence-corrected chi connectivity index (χ1v) is 7.93. The summed E-state index contributed by atoms with van der Waals surface area (Å²) in [7, 11) is 0. The average molecular weight is 342 g/mol. The molecule has 0 aliphatic rings. The van der Waals surface area contributed by atoms with Gasteiger partial charge in [-0.25, -0.2) is 4.39 Å². The van der Waals surface area contributed by atoms with Crippen LogP contribution in [0.3, 0.4) is 0 Å². The fraction of sp³-hybridized carbons (Fsp3) is 0.278. The van der Waals surface area contributed by atoms with Crippen molar-refractivity contribution in [2.24, 2.45) is 0 Å². The number of carbonyl (C=O) groups excluding carboxylic acids is 1. The molecular formula is C18H19FN4O2. The quantitative estimate of drug-likeness (QED) is 0.774. The molecule has 3 aromatic rings. The fourth-order valence-electron chi connectivity index (χ4n) is 2.61. The molecule has 0 atom stereocenters. The average Bonchev–Trinajstić information content (AvgIpc) is 3.09. The highest BCUT2D eigenvalue weighted by Gasteiger charge is 2.20. The number of benzene rings is 1. The molecule has 0 aliphatic heterocycles. The number of amides is 1. The molecule has 25 heavy (non-hydrogen) atoms. The molecule has 0 aliphatic carbocycles. The van der Waals surface area contributed by atoms with Gasteiger partial charge in [-0.15, -0.1) is 0 Å². The first-order valence-electron chi connectivity index (χ1n) is 7.93. The SMILES string of the molecule is Cc1cc(C)n(Cc2c(C(=O)NCc3ccc(F)cc3)noc2C)n1. The summed E-state index contributed by atoms with van der Waals surface area (Å²) < 4.78 is 19.9. The van der Waals surface area contributed by atoms with E-state index in [2.05, 4.69) is 15.6 Å². The molecule has 7 heteroatoms. The van der Waals surface area contributed by atoms with E-state index >= 15 is 0 Å². The summed E-state index contributed by atoms with van der Waals surface area (Å²) in [6, 6.07) is 7.93. The van der Waals surface area contributed by atoms with Crippen molar-refractivity contribution >= 4 is 5.91 Å². The van der Waals surface area contributed by atoms with E-state index in [1.807, 2.05) is 24.6 Å². The van der Waals surface area contributed by atoms with Crippen molar-refractivity contribution in [3.8, 4) is 0 Å². The normalized spacial score (nSPS) is 10.9. The standard InChI is InChI=1S/C18H19FN4O2/c1-11-8-12(2)23(21-11)10-16-13(3)25-22-17(16)18(24)20-9-14-4-6-15(19)7-5-14/h4-8H,9-10H2,1-3H3,(H,20,24). The lowest BCUT2D eigenvalue weighted by Gasteiger charge is -2.07. The summed E-state index contributed by atoms with van der Waals surface area (Å²) in [6.07, 6.45) is 0. The van der Waals surface area contributed by atoms with Crippen molar-refractivity contribution < 1.29 is 13.7 Å². The van der Waals surface area contributed by atoms with Crippen LogP contribution in [0, 0.1) is 26.6 Å². The molecule has 0 spiro atoms. The number of aryl methyl sites for hydroxylation is 3. The third-order valence-electron chi connectivity index (χ3n) is 3.98. The molecule has 0 fully saturated rings. The molecule has 2 heterocycles. The molecule has 1 amide bonds. The molecule has 0 saturated carbocycles. The number of nitrogens with zero attached hydrogens (tertiary/aromatic N) is 3. The molecule has 0 bridgehead atoms. The van der Waals surface area contributed by atoms with Gasteiger partial charge in [-0.05, 0) is 44.5 Å². The molecule has 3 rings (SSSR count). The summed E-state index contributed by atoms with van der Waals surface area (Å²) in [6.45, 7) is 6.33. The van der Waals surface area contributed by atoms with E-state index in [1.54, 1.807) is 19.1 Å². The maximum Gasteiger partial charge on any atom is 0.274 e. The Morgan fingerprint density at radius 3 is 2.60 bits per heavy atom. The lowest BCUT2D eigenvalue weighted by Crippen LogP contribution is -2.24. The molecule has 0 radical (unpaired) electrons. The zero-order valence-corrected chi connectivity index (χ0v) is 14.3. The fourth-order valence-corrected chi connectivity index (χ4v) is 2.61. The number of halogens is 1. The van der Waals surface area contributed by atoms with Crippen LogP contribution in [0.25, 0.3) is 0 Å². The smallest absolute Gasteiger partial charge is 0.274 e. The van der Waals surface area contributed by atoms with Crippen LogP contribution in [0.5, 0.6) is 0 Å². The van der Waals surface area contributed by atoms with Crippen molar-refractivity contribution in [3.63, 3.8) is 0 Å². The van der Waals surface area contributed by atoms with E-state index in [0.717, 1.165) is 17.0 Å². The maximum absolute atomic E-state index is 12.9. The predicted octanol–water partition coefficient (Wildman–Crippen LogP) is 2.91. The molecule has 0 unspecified atom stereocenters. The van der Waals surface area contributed by atoms with Crippen molar-refractivity contribution in [1.29, 1.82) is 0 Å². The molecule has 6 nitrogen and oxygen atoms in total. The lowest BCUT2D eigenvalue weighted by atomic mass is 10.1. The van der Waals surface area contributed by atoms with Gasteiger partial charge in [-0.2, -0.15) is 5.10 Å². The van der Waals surface area contributed by atoms with Crippen molar-refractivity contribution in [2.75, 3.05) is 0 Å². The highest BCUT2D eigenvalue weighted by molar-refractivity contribution is 5.93. The second-order valence-electron chi connectivity index (χ2n) is 5.96. The number of rotatable bonds is 5. The van der Waals surface area contributed by atoms with Gasteiger partial charge in [0.1, 0.15) is 11.6 Å². The van der Waals surface area contributed by atoms with Crippen LogP contribution in [0.2, 0.25) is 0 Å². The van der Waals surface area contributed by atoms with E-state index in [9.17, 15) is 9.18 Å². The Morgan fingerprint density at radius 1 is 1.24 bits per heavy atom. The Kier molecular flexibility index (Phi) is 4.65. The van der Waals surface area contributed by atoms with Gasteiger partial charge in [0.15, 0.2) is 5.69 Å². The molecule has 1 N–H and O–H groups in total. The highest BCUT2D eigenvalue weighted by atomic mass is 19.1. The summed E-state index contributed by atoms with van der Waals surface area (Å²) in [5.41, 5.74) is 3.65. The van der Waals surface area contributed by atoms with Gasteiger partial charge < -0.3 is 9.84 Å². The molecule has 130 valence electrons. The third-order valence-corrected chi connectivity index (χ3v) is 3.98. The monoisotopic (exact) mass is 342 g/mol. The van der Waals surface area contributed by atoms with E-state index < -0.39 is 0 Å². The van der Waals surface area contributed by atoms with Crippen LogP contribution >= 0.6 is 0 Å². The summed E-state index contributed by atoms with van der Waals surface area (Å²) in [4.78, 5) is 12.5. The van der Waals surface area contributed by atoms with Gasteiger partial charge >= 0.3 is 0 Å².